The molecule has 0 rings (SSSR count). The highest BCUT2D eigenvalue weighted by molar-refractivity contribution is 5.70. The topological polar surface area (TPSA) is 56.3 Å². The number of hydrogen-bond donors (Lipinski definition) is 0. The summed E-state index contributed by atoms with van der Waals surface area (Å²) in [5.41, 5.74) is 0. The van der Waals surface area contributed by atoms with Crippen molar-refractivity contribution in [3.63, 3.8) is 0 Å². The first-order valence-electron chi connectivity index (χ1n) is 3.42. The molecule has 0 aromatic rings. The van der Waals surface area contributed by atoms with E-state index in [9.17, 15) is 4.79 Å². The van der Waals surface area contributed by atoms with E-state index in [4.69, 9.17) is 4.74 Å². The van der Waals surface area contributed by atoms with Crippen LogP contribution in [0.15, 0.2) is 0 Å². The van der Waals surface area contributed by atoms with E-state index in [1.165, 1.54) is 0 Å². The summed E-state index contributed by atoms with van der Waals surface area (Å²) in [7, 11) is 5.87. The summed E-state index contributed by atoms with van der Waals surface area (Å²) in [6, 6.07) is 0. The third-order valence-electron chi connectivity index (χ3n) is 0.909. The number of nitrogens with zero attached hydrogens (tertiary/aromatic N) is 1. The average Bonchev–Trinajstić information content (AvgIpc) is 1.59. The fraction of sp³-hybridized carbons (Fsp3) is 0.857. The Morgan fingerprint density at radius 3 is 2.09 bits per heavy atom. The minimum absolute atomic E-state index is 0. The van der Waals surface area contributed by atoms with E-state index in [0.29, 0.717) is 17.6 Å². The standard InChI is InChI=1S/C7H16NO2.H2O/c1-5-10-7(9)6-8(2,3)4;/h5-6H2,1-4H3;1H2/q+1;/p-1. The number of esters is 1. The maximum atomic E-state index is 10.8. The smallest absolute Gasteiger partial charge is 0.361 e. The van der Waals surface area contributed by atoms with Crippen molar-refractivity contribution < 1.29 is 19.5 Å². The third kappa shape index (κ3) is 9.39. The molecule has 0 radical (unpaired) electrons. The van der Waals surface area contributed by atoms with Gasteiger partial charge in [0.25, 0.3) is 0 Å². The first-order valence-corrected chi connectivity index (χ1v) is 3.42. The third-order valence-corrected chi connectivity index (χ3v) is 0.909. The summed E-state index contributed by atoms with van der Waals surface area (Å²) in [4.78, 5) is 10.8. The Bertz CT molecular complexity index is 117. The summed E-state index contributed by atoms with van der Waals surface area (Å²) in [6.45, 7) is 2.72. The van der Waals surface area contributed by atoms with E-state index >= 15 is 0 Å². The maximum Gasteiger partial charge on any atom is 0.361 e. The molecule has 0 spiro atoms. The van der Waals surface area contributed by atoms with Crippen LogP contribution in [0.3, 0.4) is 0 Å². The van der Waals surface area contributed by atoms with Crippen LogP contribution in [0.25, 0.3) is 0 Å². The molecule has 0 aliphatic carbocycles. The Hall–Kier alpha value is -0.610. The minimum Gasteiger partial charge on any atom is -0.870 e. The van der Waals surface area contributed by atoms with Gasteiger partial charge in [0.15, 0.2) is 6.54 Å². The fourth-order valence-corrected chi connectivity index (χ4v) is 0.594. The van der Waals surface area contributed by atoms with Crippen LogP contribution >= 0.6 is 0 Å². The minimum atomic E-state index is -0.130. The molecule has 0 saturated carbocycles. The van der Waals surface area contributed by atoms with E-state index in [1.54, 1.807) is 0 Å². The van der Waals surface area contributed by atoms with Gasteiger partial charge in [-0.15, -0.1) is 0 Å². The van der Waals surface area contributed by atoms with Crippen LogP contribution in [-0.2, 0) is 9.53 Å². The molecule has 0 amide bonds. The van der Waals surface area contributed by atoms with Gasteiger partial charge < -0.3 is 14.7 Å². The Labute approximate surface area is 67.7 Å². The molecule has 68 valence electrons. The van der Waals surface area contributed by atoms with Gasteiger partial charge in [-0.25, -0.2) is 4.79 Å². The lowest BCUT2D eigenvalue weighted by molar-refractivity contribution is -0.862. The lowest BCUT2D eigenvalue weighted by atomic mass is 10.5. The zero-order valence-electron chi connectivity index (χ0n) is 7.63. The van der Waals surface area contributed by atoms with Crippen LogP contribution in [-0.4, -0.2) is 50.2 Å². The predicted molar refractivity (Wildman–Crippen MR) is 41.5 cm³/mol. The van der Waals surface area contributed by atoms with Crippen LogP contribution in [0.1, 0.15) is 6.92 Å². The van der Waals surface area contributed by atoms with Crippen molar-refractivity contribution >= 4 is 5.97 Å². The molecular formula is C7H17NO3. The molecule has 0 aromatic carbocycles. The lowest BCUT2D eigenvalue weighted by Crippen LogP contribution is -2.40. The number of ether oxygens (including phenoxy) is 1. The number of carbonyl (C=O) groups is 1. The summed E-state index contributed by atoms with van der Waals surface area (Å²) < 4.78 is 5.39. The SMILES string of the molecule is CCOC(=O)C[N+](C)(C)C.[OH-]. The van der Waals surface area contributed by atoms with Crippen molar-refractivity contribution in [2.24, 2.45) is 0 Å². The zero-order chi connectivity index (χ0) is 8.20. The zero-order valence-corrected chi connectivity index (χ0v) is 7.63. The number of likely N-dealkylation sites (N-methyl/N-ethyl adjacent to an activating group) is 1. The van der Waals surface area contributed by atoms with E-state index in [-0.39, 0.29) is 11.4 Å². The number of rotatable bonds is 3. The van der Waals surface area contributed by atoms with Gasteiger partial charge in [0.05, 0.1) is 27.7 Å². The molecule has 1 N–H and O–H groups in total. The summed E-state index contributed by atoms with van der Waals surface area (Å²) >= 11 is 0. The molecule has 0 aliphatic rings. The molecule has 0 aromatic heterocycles. The highest BCUT2D eigenvalue weighted by atomic mass is 16.5. The second kappa shape index (κ2) is 5.09. The molecule has 0 fully saturated rings. The van der Waals surface area contributed by atoms with E-state index in [1.807, 2.05) is 28.1 Å². The van der Waals surface area contributed by atoms with Crippen molar-refractivity contribution in [3.8, 4) is 0 Å². The molecule has 0 bridgehead atoms. The Morgan fingerprint density at radius 1 is 1.36 bits per heavy atom. The van der Waals surface area contributed by atoms with Gasteiger partial charge in [-0.3, -0.25) is 0 Å². The van der Waals surface area contributed by atoms with Crippen LogP contribution in [0.2, 0.25) is 0 Å². The second-order valence-electron chi connectivity index (χ2n) is 3.25. The molecule has 4 heteroatoms. The van der Waals surface area contributed by atoms with Crippen molar-refractivity contribution in [2.45, 2.75) is 6.92 Å². The monoisotopic (exact) mass is 163 g/mol. The highest BCUT2D eigenvalue weighted by Gasteiger charge is 2.14. The van der Waals surface area contributed by atoms with Crippen LogP contribution in [0.4, 0.5) is 0 Å². The fourth-order valence-electron chi connectivity index (χ4n) is 0.594. The molecule has 0 heterocycles. The number of hydrogen-bond acceptors (Lipinski definition) is 3. The highest BCUT2D eigenvalue weighted by Crippen LogP contribution is 1.90. The van der Waals surface area contributed by atoms with Gasteiger partial charge in [0, 0.05) is 0 Å². The van der Waals surface area contributed by atoms with Gasteiger partial charge in [-0.2, -0.15) is 0 Å². The van der Waals surface area contributed by atoms with Crippen LogP contribution in [0, 0.1) is 0 Å². The summed E-state index contributed by atoms with van der Waals surface area (Å²) in [5, 5.41) is 0. The van der Waals surface area contributed by atoms with Gasteiger partial charge in [-0.05, 0) is 6.92 Å². The lowest BCUT2D eigenvalue weighted by Gasteiger charge is -2.21. The molecule has 0 saturated heterocycles. The molecule has 4 nitrogen and oxygen atoms in total. The molecular weight excluding hydrogens is 146 g/mol. The quantitative estimate of drug-likeness (QED) is 0.437. The number of carbonyl (C=O) groups excluding carboxylic acids is 1. The van der Waals surface area contributed by atoms with Gasteiger partial charge in [0.1, 0.15) is 0 Å². The molecule has 0 aliphatic heterocycles. The normalized spacial score (nSPS) is 10.2. The Kier molecular flexibility index (Phi) is 6.03. The number of quaternary nitrogens is 1. The first kappa shape index (κ1) is 13.0. The predicted octanol–water partition coefficient (Wildman–Crippen LogP) is 0.0789. The molecule has 0 unspecified atom stereocenters. The van der Waals surface area contributed by atoms with E-state index in [0.717, 1.165) is 0 Å². The second-order valence-corrected chi connectivity index (χ2v) is 3.25. The Balaban J connectivity index is 0. The van der Waals surface area contributed by atoms with Crippen LogP contribution in [0.5, 0.6) is 0 Å². The van der Waals surface area contributed by atoms with Crippen molar-refractivity contribution in [1.82, 2.24) is 0 Å². The van der Waals surface area contributed by atoms with Crippen molar-refractivity contribution in [2.75, 3.05) is 34.3 Å². The van der Waals surface area contributed by atoms with Gasteiger partial charge >= 0.3 is 5.97 Å². The molecule has 11 heavy (non-hydrogen) atoms. The average molecular weight is 163 g/mol. The van der Waals surface area contributed by atoms with Crippen LogP contribution < -0.4 is 0 Å². The summed E-state index contributed by atoms with van der Waals surface area (Å²) in [5.74, 6) is -0.130. The van der Waals surface area contributed by atoms with Gasteiger partial charge in [0.2, 0.25) is 0 Å². The summed E-state index contributed by atoms with van der Waals surface area (Å²) in [6.07, 6.45) is 0. The maximum absolute atomic E-state index is 10.8. The van der Waals surface area contributed by atoms with Gasteiger partial charge in [-0.1, -0.05) is 0 Å². The van der Waals surface area contributed by atoms with Crippen molar-refractivity contribution in [1.29, 1.82) is 0 Å². The largest absolute Gasteiger partial charge is 0.870 e. The van der Waals surface area contributed by atoms with E-state index < -0.39 is 0 Å². The van der Waals surface area contributed by atoms with Crippen molar-refractivity contribution in [3.05, 3.63) is 0 Å². The first-order chi connectivity index (χ1) is 4.45. The molecule has 0 atom stereocenters. The van der Waals surface area contributed by atoms with E-state index in [2.05, 4.69) is 0 Å². The Morgan fingerprint density at radius 2 is 1.82 bits per heavy atom.